The largest absolute Gasteiger partial charge is 0.489 e. The maximum absolute atomic E-state index is 14.1. The summed E-state index contributed by atoms with van der Waals surface area (Å²) in [5.74, 6) is 0.551. The first-order valence-electron chi connectivity index (χ1n) is 9.95. The molecule has 1 aliphatic heterocycles. The zero-order valence-electron chi connectivity index (χ0n) is 17.3. The molecule has 0 radical (unpaired) electrons. The molecule has 4 rings (SSSR count). The minimum Gasteiger partial charge on any atom is -0.489 e. The molecular formula is C22H25FN4O3. The highest BCUT2D eigenvalue weighted by atomic mass is 19.1. The van der Waals surface area contributed by atoms with Gasteiger partial charge in [0, 0.05) is 24.4 Å². The van der Waals surface area contributed by atoms with E-state index in [4.69, 9.17) is 9.47 Å². The molecule has 3 aromatic heterocycles. The lowest BCUT2D eigenvalue weighted by atomic mass is 10.2. The number of carbonyl (C=O) groups excluding carboxylic acids is 1. The first kappa shape index (κ1) is 20.1. The van der Waals surface area contributed by atoms with Gasteiger partial charge in [-0.2, -0.15) is 0 Å². The van der Waals surface area contributed by atoms with Crippen LogP contribution in [0.4, 0.5) is 9.18 Å². The molecular weight excluding hydrogens is 387 g/mol. The van der Waals surface area contributed by atoms with Crippen molar-refractivity contribution in [3.05, 3.63) is 42.9 Å². The first-order valence-corrected chi connectivity index (χ1v) is 9.95. The Bertz CT molecular complexity index is 1010. The van der Waals surface area contributed by atoms with E-state index in [0.29, 0.717) is 5.75 Å². The smallest absolute Gasteiger partial charge is 0.410 e. The summed E-state index contributed by atoms with van der Waals surface area (Å²) in [6.07, 6.45) is 3.63. The van der Waals surface area contributed by atoms with Crippen LogP contribution in [-0.4, -0.2) is 56.9 Å². The van der Waals surface area contributed by atoms with Crippen LogP contribution in [0.2, 0.25) is 0 Å². The zero-order chi connectivity index (χ0) is 21.3. The summed E-state index contributed by atoms with van der Waals surface area (Å²) in [6, 6.07) is 7.19. The number of pyridine rings is 2. The summed E-state index contributed by atoms with van der Waals surface area (Å²) >= 11 is 0. The number of nitrogens with zero attached hydrogens (tertiary/aromatic N) is 3. The number of H-pyrrole nitrogens is 1. The Morgan fingerprint density at radius 1 is 1.33 bits per heavy atom. The third kappa shape index (κ3) is 4.37. The molecule has 158 valence electrons. The summed E-state index contributed by atoms with van der Waals surface area (Å²) in [7, 11) is 0. The van der Waals surface area contributed by atoms with Gasteiger partial charge in [-0.15, -0.1) is 0 Å². The number of carbonyl (C=O) groups is 1. The van der Waals surface area contributed by atoms with Gasteiger partial charge >= 0.3 is 6.09 Å². The summed E-state index contributed by atoms with van der Waals surface area (Å²) in [4.78, 5) is 25.7. The maximum atomic E-state index is 14.1. The quantitative estimate of drug-likeness (QED) is 0.689. The van der Waals surface area contributed by atoms with Crippen molar-refractivity contribution in [1.82, 2.24) is 19.9 Å². The molecule has 0 spiro atoms. The minimum atomic E-state index is -1.10. The van der Waals surface area contributed by atoms with Gasteiger partial charge in [0.25, 0.3) is 0 Å². The van der Waals surface area contributed by atoms with Crippen molar-refractivity contribution in [2.45, 2.75) is 45.0 Å². The standard InChI is InChI=1S/C22H25FN4O3/c1-22(2,3)30-21(28)27-12-14(23)9-15(27)13-29-20-11-24-8-6-16(20)18-10-19-17(26-18)5-4-7-25-19/h4-8,10-11,14-15,26H,9,12-13H2,1-3H3/t14-,15-/m0/s1. The highest BCUT2D eigenvalue weighted by Crippen LogP contribution is 2.31. The number of likely N-dealkylation sites (tertiary alicyclic amines) is 1. The highest BCUT2D eigenvalue weighted by Gasteiger charge is 2.38. The van der Waals surface area contributed by atoms with Gasteiger partial charge in [0.15, 0.2) is 0 Å². The lowest BCUT2D eigenvalue weighted by Crippen LogP contribution is -2.42. The molecule has 1 amide bonds. The molecule has 8 heteroatoms. The molecule has 1 saturated heterocycles. The summed E-state index contributed by atoms with van der Waals surface area (Å²) in [5.41, 5.74) is 2.79. The van der Waals surface area contributed by atoms with Gasteiger partial charge in [-0.3, -0.25) is 14.9 Å². The SMILES string of the molecule is CC(C)(C)OC(=O)N1C[C@@H](F)C[C@H]1COc1cnccc1-c1cc2ncccc2[nH]1. The number of hydrogen-bond donors (Lipinski definition) is 1. The van der Waals surface area contributed by atoms with Crippen molar-refractivity contribution in [2.24, 2.45) is 0 Å². The van der Waals surface area contributed by atoms with E-state index in [0.717, 1.165) is 22.3 Å². The van der Waals surface area contributed by atoms with Crippen LogP contribution in [0.25, 0.3) is 22.3 Å². The van der Waals surface area contributed by atoms with Crippen molar-refractivity contribution in [1.29, 1.82) is 0 Å². The molecule has 1 aliphatic rings. The predicted molar refractivity (Wildman–Crippen MR) is 111 cm³/mol. The Balaban J connectivity index is 1.51. The summed E-state index contributed by atoms with van der Waals surface area (Å²) in [5, 5.41) is 0. The van der Waals surface area contributed by atoms with Crippen molar-refractivity contribution in [2.75, 3.05) is 13.2 Å². The molecule has 4 heterocycles. The second-order valence-corrected chi connectivity index (χ2v) is 8.42. The van der Waals surface area contributed by atoms with Crippen LogP contribution in [0.1, 0.15) is 27.2 Å². The van der Waals surface area contributed by atoms with Crippen LogP contribution in [0.5, 0.6) is 5.75 Å². The van der Waals surface area contributed by atoms with E-state index in [1.54, 1.807) is 39.4 Å². The number of rotatable bonds is 4. The van der Waals surface area contributed by atoms with Gasteiger partial charge in [-0.25, -0.2) is 9.18 Å². The van der Waals surface area contributed by atoms with Crippen LogP contribution in [0.15, 0.2) is 42.9 Å². The fraction of sp³-hybridized carbons (Fsp3) is 0.409. The average molecular weight is 412 g/mol. The van der Waals surface area contributed by atoms with Crippen molar-refractivity contribution in [3.63, 3.8) is 0 Å². The second-order valence-electron chi connectivity index (χ2n) is 8.42. The Labute approximate surface area is 174 Å². The van der Waals surface area contributed by atoms with Crippen LogP contribution in [-0.2, 0) is 4.74 Å². The third-order valence-electron chi connectivity index (χ3n) is 4.89. The Morgan fingerprint density at radius 2 is 2.17 bits per heavy atom. The van der Waals surface area contributed by atoms with Crippen molar-refractivity contribution >= 4 is 17.1 Å². The number of halogens is 1. The molecule has 0 bridgehead atoms. The van der Waals surface area contributed by atoms with Gasteiger partial charge < -0.3 is 14.5 Å². The molecule has 1 fully saturated rings. The Hall–Kier alpha value is -3.16. The molecule has 0 aliphatic carbocycles. The van der Waals surface area contributed by atoms with E-state index in [-0.39, 0.29) is 19.6 Å². The van der Waals surface area contributed by atoms with Gasteiger partial charge in [0.2, 0.25) is 0 Å². The molecule has 3 aromatic rings. The molecule has 2 atom stereocenters. The number of ether oxygens (including phenoxy) is 2. The van der Waals surface area contributed by atoms with E-state index in [2.05, 4.69) is 15.0 Å². The van der Waals surface area contributed by atoms with E-state index in [9.17, 15) is 9.18 Å². The molecule has 0 unspecified atom stereocenters. The monoisotopic (exact) mass is 412 g/mol. The van der Waals surface area contributed by atoms with Crippen molar-refractivity contribution < 1.29 is 18.7 Å². The predicted octanol–water partition coefficient (Wildman–Crippen LogP) is 4.35. The number of alkyl halides is 1. The number of aromatic nitrogens is 3. The van der Waals surface area contributed by atoms with Crippen LogP contribution < -0.4 is 4.74 Å². The number of nitrogens with one attached hydrogen (secondary N) is 1. The number of amides is 1. The fourth-order valence-corrected chi connectivity index (χ4v) is 3.57. The van der Waals surface area contributed by atoms with E-state index >= 15 is 0 Å². The normalized spacial score (nSPS) is 19.3. The number of fused-ring (bicyclic) bond motifs is 1. The van der Waals surface area contributed by atoms with Gasteiger partial charge in [0.1, 0.15) is 24.1 Å². The molecule has 0 saturated carbocycles. The average Bonchev–Trinajstić information content (AvgIpc) is 3.28. The van der Waals surface area contributed by atoms with E-state index in [1.165, 1.54) is 4.90 Å². The van der Waals surface area contributed by atoms with Gasteiger partial charge in [0.05, 0.1) is 35.5 Å². The molecule has 30 heavy (non-hydrogen) atoms. The fourth-order valence-electron chi connectivity index (χ4n) is 3.57. The second kappa shape index (κ2) is 7.93. The van der Waals surface area contributed by atoms with Gasteiger partial charge in [-0.05, 0) is 45.0 Å². The Kier molecular flexibility index (Phi) is 5.32. The Morgan fingerprint density at radius 3 is 2.93 bits per heavy atom. The lowest BCUT2D eigenvalue weighted by Gasteiger charge is -2.28. The number of aromatic amines is 1. The van der Waals surface area contributed by atoms with E-state index < -0.39 is 23.9 Å². The molecule has 7 nitrogen and oxygen atoms in total. The third-order valence-corrected chi connectivity index (χ3v) is 4.89. The first-order chi connectivity index (χ1) is 14.3. The summed E-state index contributed by atoms with van der Waals surface area (Å²) < 4.78 is 25.5. The summed E-state index contributed by atoms with van der Waals surface area (Å²) in [6.45, 7) is 5.52. The minimum absolute atomic E-state index is 0.0104. The van der Waals surface area contributed by atoms with Crippen molar-refractivity contribution in [3.8, 4) is 17.0 Å². The van der Waals surface area contributed by atoms with Gasteiger partial charge in [-0.1, -0.05) is 0 Å². The van der Waals surface area contributed by atoms with Crippen LogP contribution in [0, 0.1) is 0 Å². The van der Waals surface area contributed by atoms with E-state index in [1.807, 2.05) is 24.3 Å². The topological polar surface area (TPSA) is 80.3 Å². The maximum Gasteiger partial charge on any atom is 0.410 e. The molecule has 0 aromatic carbocycles. The lowest BCUT2D eigenvalue weighted by molar-refractivity contribution is 0.0181. The highest BCUT2D eigenvalue weighted by molar-refractivity contribution is 5.83. The van der Waals surface area contributed by atoms with Crippen LogP contribution >= 0.6 is 0 Å². The molecule has 1 N–H and O–H groups in total. The zero-order valence-corrected chi connectivity index (χ0v) is 17.3. The number of hydrogen-bond acceptors (Lipinski definition) is 5. The van der Waals surface area contributed by atoms with Crippen LogP contribution in [0.3, 0.4) is 0 Å².